The van der Waals surface area contributed by atoms with Crippen molar-refractivity contribution in [2.45, 2.75) is 51.0 Å². The van der Waals surface area contributed by atoms with Gasteiger partial charge in [-0.05, 0) is 51.6 Å². The molecule has 3 saturated heterocycles. The van der Waals surface area contributed by atoms with E-state index in [0.717, 1.165) is 32.0 Å². The molecule has 0 radical (unpaired) electrons. The van der Waals surface area contributed by atoms with Crippen LogP contribution >= 0.6 is 0 Å². The summed E-state index contributed by atoms with van der Waals surface area (Å²) in [6, 6.07) is 0.730. The second kappa shape index (κ2) is 6.66. The topological polar surface area (TPSA) is 38.3 Å². The Morgan fingerprint density at radius 2 is 1.86 bits per heavy atom. The van der Waals surface area contributed by atoms with Gasteiger partial charge in [0.25, 0.3) is 0 Å². The van der Waals surface area contributed by atoms with Crippen LogP contribution in [0.15, 0.2) is 0 Å². The fourth-order valence-corrected chi connectivity index (χ4v) is 4.79. The van der Waals surface area contributed by atoms with Gasteiger partial charge in [0, 0.05) is 12.3 Å². The van der Waals surface area contributed by atoms with Crippen LogP contribution in [0.5, 0.6) is 0 Å². The number of piperidine rings is 3. The van der Waals surface area contributed by atoms with Gasteiger partial charge in [-0.2, -0.15) is 0 Å². The van der Waals surface area contributed by atoms with Crippen LogP contribution in [-0.4, -0.2) is 56.3 Å². The summed E-state index contributed by atoms with van der Waals surface area (Å²) in [6.45, 7) is 5.23. The quantitative estimate of drug-likeness (QED) is 0.639. The molecular weight excluding hydrogens is 264 g/mol. The monoisotopic (exact) mass is 295 g/mol. The number of carbonyl (C=O) groups is 1. The number of quaternary nitrogens is 1. The molecule has 0 amide bonds. The average Bonchev–Trinajstić information content (AvgIpc) is 2.52. The van der Waals surface area contributed by atoms with Gasteiger partial charge in [0.1, 0.15) is 0 Å². The molecular formula is C17H31N2O2+. The molecule has 0 unspecified atom stereocenters. The summed E-state index contributed by atoms with van der Waals surface area (Å²) >= 11 is 0. The molecule has 3 rings (SSSR count). The van der Waals surface area contributed by atoms with E-state index in [0.29, 0.717) is 12.5 Å². The Morgan fingerprint density at radius 1 is 1.10 bits per heavy atom. The Morgan fingerprint density at radius 3 is 2.67 bits per heavy atom. The zero-order chi connectivity index (χ0) is 14.7. The summed E-state index contributed by atoms with van der Waals surface area (Å²) in [4.78, 5) is 12.2. The molecule has 0 aromatic rings. The SMILES string of the molecule is C[N@+]12CCCC[C@H]1[C@H](COC(=O)C1CCNCC1)CCC2. The van der Waals surface area contributed by atoms with Crippen LogP contribution in [0.1, 0.15) is 44.9 Å². The van der Waals surface area contributed by atoms with Gasteiger partial charge in [0.2, 0.25) is 0 Å². The summed E-state index contributed by atoms with van der Waals surface area (Å²) in [6.07, 6.45) is 8.49. The van der Waals surface area contributed by atoms with Crippen molar-refractivity contribution in [1.29, 1.82) is 0 Å². The summed E-state index contributed by atoms with van der Waals surface area (Å²) in [7, 11) is 2.42. The van der Waals surface area contributed by atoms with Crippen LogP contribution in [0.3, 0.4) is 0 Å². The van der Waals surface area contributed by atoms with Gasteiger partial charge < -0.3 is 14.5 Å². The number of nitrogens with zero attached hydrogens (tertiary/aromatic N) is 1. The Kier molecular flexibility index (Phi) is 4.85. The fraction of sp³-hybridized carbons (Fsp3) is 0.941. The van der Waals surface area contributed by atoms with Crippen LogP contribution < -0.4 is 5.32 Å². The molecule has 0 spiro atoms. The number of hydrogen-bond donors (Lipinski definition) is 1. The first kappa shape index (κ1) is 15.3. The Labute approximate surface area is 128 Å². The van der Waals surface area contributed by atoms with Crippen LogP contribution in [0.2, 0.25) is 0 Å². The van der Waals surface area contributed by atoms with Gasteiger partial charge in [-0.15, -0.1) is 0 Å². The minimum Gasteiger partial charge on any atom is -0.465 e. The van der Waals surface area contributed by atoms with Crippen molar-refractivity contribution >= 4 is 5.97 Å². The third kappa shape index (κ3) is 3.42. The number of fused-ring (bicyclic) bond motifs is 1. The molecule has 0 aromatic carbocycles. The zero-order valence-electron chi connectivity index (χ0n) is 13.5. The summed E-state index contributed by atoms with van der Waals surface area (Å²) in [5.74, 6) is 0.795. The smallest absolute Gasteiger partial charge is 0.309 e. The van der Waals surface area contributed by atoms with Gasteiger partial charge in [-0.25, -0.2) is 0 Å². The first-order valence-electron chi connectivity index (χ1n) is 8.91. The normalized spacial score (nSPS) is 37.8. The van der Waals surface area contributed by atoms with Crippen molar-refractivity contribution in [3.8, 4) is 0 Å². The third-order valence-electron chi connectivity index (χ3n) is 6.12. The van der Waals surface area contributed by atoms with E-state index in [1.165, 1.54) is 49.7 Å². The van der Waals surface area contributed by atoms with Crippen LogP contribution in [0, 0.1) is 11.8 Å². The average molecular weight is 295 g/mol. The molecule has 3 aliphatic rings. The number of nitrogens with one attached hydrogen (secondary N) is 1. The van der Waals surface area contributed by atoms with Gasteiger partial charge in [0.05, 0.1) is 38.7 Å². The Bertz CT molecular complexity index is 364. The van der Waals surface area contributed by atoms with Gasteiger partial charge >= 0.3 is 5.97 Å². The highest BCUT2D eigenvalue weighted by Gasteiger charge is 2.44. The van der Waals surface area contributed by atoms with E-state index < -0.39 is 0 Å². The zero-order valence-corrected chi connectivity index (χ0v) is 13.5. The van der Waals surface area contributed by atoms with E-state index >= 15 is 0 Å². The van der Waals surface area contributed by atoms with E-state index in [-0.39, 0.29) is 11.9 Å². The maximum Gasteiger partial charge on any atom is 0.309 e. The molecule has 21 heavy (non-hydrogen) atoms. The molecule has 3 heterocycles. The molecule has 0 aliphatic carbocycles. The molecule has 3 atom stereocenters. The fourth-order valence-electron chi connectivity index (χ4n) is 4.79. The van der Waals surface area contributed by atoms with Crippen LogP contribution in [0.25, 0.3) is 0 Å². The summed E-state index contributed by atoms with van der Waals surface area (Å²) in [5, 5.41) is 3.31. The number of esters is 1. The largest absolute Gasteiger partial charge is 0.465 e. The third-order valence-corrected chi connectivity index (χ3v) is 6.12. The lowest BCUT2D eigenvalue weighted by atomic mass is 9.82. The molecule has 3 aliphatic heterocycles. The number of ether oxygens (including phenoxy) is 1. The van der Waals surface area contributed by atoms with E-state index in [1.54, 1.807) is 0 Å². The first-order valence-corrected chi connectivity index (χ1v) is 8.91. The molecule has 0 saturated carbocycles. The predicted octanol–water partition coefficient (Wildman–Crippen LogP) is 1.94. The number of carbonyl (C=O) groups excluding carboxylic acids is 1. The molecule has 1 N–H and O–H groups in total. The maximum atomic E-state index is 12.2. The van der Waals surface area contributed by atoms with Crippen molar-refractivity contribution in [1.82, 2.24) is 5.32 Å². The van der Waals surface area contributed by atoms with Crippen molar-refractivity contribution in [3.05, 3.63) is 0 Å². The second-order valence-electron chi connectivity index (χ2n) is 7.55. The summed E-state index contributed by atoms with van der Waals surface area (Å²) < 4.78 is 6.97. The van der Waals surface area contributed by atoms with Crippen LogP contribution in [-0.2, 0) is 9.53 Å². The van der Waals surface area contributed by atoms with Gasteiger partial charge in [-0.1, -0.05) is 0 Å². The highest BCUT2D eigenvalue weighted by Crippen LogP contribution is 2.36. The van der Waals surface area contributed by atoms with E-state index in [1.807, 2.05) is 0 Å². The minimum atomic E-state index is 0.0621. The standard InChI is InChI=1S/C17H31N2O2/c1-19-11-3-2-6-16(19)15(5-4-12-19)13-21-17(20)14-7-9-18-10-8-14/h14-16,18H,2-13H2,1H3/q+1/t15-,16-,19+/m0/s1. The van der Waals surface area contributed by atoms with Crippen molar-refractivity contribution in [2.24, 2.45) is 11.8 Å². The van der Waals surface area contributed by atoms with Crippen molar-refractivity contribution in [3.63, 3.8) is 0 Å². The lowest BCUT2D eigenvalue weighted by molar-refractivity contribution is -0.947. The molecule has 4 heteroatoms. The van der Waals surface area contributed by atoms with E-state index in [2.05, 4.69) is 12.4 Å². The highest BCUT2D eigenvalue weighted by atomic mass is 16.5. The summed E-state index contributed by atoms with van der Waals surface area (Å²) in [5.41, 5.74) is 0. The van der Waals surface area contributed by atoms with Crippen LogP contribution in [0.4, 0.5) is 0 Å². The lowest BCUT2D eigenvalue weighted by Crippen LogP contribution is -2.61. The Balaban J connectivity index is 1.53. The van der Waals surface area contributed by atoms with Crippen molar-refractivity contribution in [2.75, 3.05) is 39.8 Å². The van der Waals surface area contributed by atoms with E-state index in [4.69, 9.17) is 4.74 Å². The predicted molar refractivity (Wildman–Crippen MR) is 82.8 cm³/mol. The highest BCUT2D eigenvalue weighted by molar-refractivity contribution is 5.72. The van der Waals surface area contributed by atoms with E-state index in [9.17, 15) is 4.79 Å². The van der Waals surface area contributed by atoms with Gasteiger partial charge in [-0.3, -0.25) is 4.79 Å². The maximum absolute atomic E-state index is 12.2. The molecule has 0 aromatic heterocycles. The van der Waals surface area contributed by atoms with Gasteiger partial charge in [0.15, 0.2) is 0 Å². The number of hydrogen-bond acceptors (Lipinski definition) is 3. The molecule has 120 valence electrons. The number of rotatable bonds is 3. The minimum absolute atomic E-state index is 0.0621. The molecule has 3 fully saturated rings. The second-order valence-corrected chi connectivity index (χ2v) is 7.55. The Hall–Kier alpha value is -0.610. The first-order chi connectivity index (χ1) is 10.2. The van der Waals surface area contributed by atoms with Crippen molar-refractivity contribution < 1.29 is 14.0 Å². The lowest BCUT2D eigenvalue weighted by Gasteiger charge is -2.51. The molecule has 0 bridgehead atoms. The molecule has 4 nitrogen and oxygen atoms in total.